The van der Waals surface area contributed by atoms with Gasteiger partial charge < -0.3 is 31.9 Å². The summed E-state index contributed by atoms with van der Waals surface area (Å²) in [5.41, 5.74) is 4.95. The summed E-state index contributed by atoms with van der Waals surface area (Å²) in [4.78, 5) is 37.9. The summed E-state index contributed by atoms with van der Waals surface area (Å²) in [6, 6.07) is 0.385. The molecule has 0 aliphatic heterocycles. The van der Waals surface area contributed by atoms with Gasteiger partial charge in [0.15, 0.2) is 0 Å². The molecule has 3 amide bonds. The number of rotatable bonds is 15. The Bertz CT molecular complexity index is 491. The van der Waals surface area contributed by atoms with E-state index < -0.39 is 5.41 Å². The van der Waals surface area contributed by atoms with Crippen LogP contribution >= 0.6 is 0 Å². The molecule has 6 N–H and O–H groups in total. The van der Waals surface area contributed by atoms with E-state index in [1.807, 2.05) is 25.7 Å². The van der Waals surface area contributed by atoms with Crippen LogP contribution in [0.4, 0.5) is 0 Å². The number of hydrogen-bond acceptors (Lipinski definition) is 6. The zero-order valence-corrected chi connectivity index (χ0v) is 18.9. The van der Waals surface area contributed by atoms with Crippen molar-refractivity contribution in [1.82, 2.24) is 26.2 Å². The van der Waals surface area contributed by atoms with Gasteiger partial charge in [0.25, 0.3) is 0 Å². The van der Waals surface area contributed by atoms with E-state index in [0.29, 0.717) is 64.7 Å². The predicted octanol–water partition coefficient (Wildman–Crippen LogP) is -0.580. The van der Waals surface area contributed by atoms with E-state index in [-0.39, 0.29) is 17.7 Å². The topological polar surface area (TPSA) is 129 Å². The maximum atomic E-state index is 12.1. The van der Waals surface area contributed by atoms with Gasteiger partial charge in [-0.15, -0.1) is 0 Å². The van der Waals surface area contributed by atoms with E-state index in [1.54, 1.807) is 0 Å². The molecule has 0 aliphatic carbocycles. The molecule has 0 rings (SSSR count). The number of nitrogens with two attached hydrogens (primary N) is 1. The number of nitrogens with one attached hydrogen (secondary N) is 4. The van der Waals surface area contributed by atoms with E-state index in [0.717, 1.165) is 6.54 Å². The molecule has 0 aromatic rings. The standard InChI is InChI=1S/C20H42N6O3/c1-16(2)22-10-11-24-18(28)7-14-26(13-6-17(27)23-9-8-21)15-12-25-19(29)20(3,4)5/h16,22H,6-15,21H2,1-5H3,(H,23,27)(H,24,28)(H,25,29). The van der Waals surface area contributed by atoms with Crippen LogP contribution in [0.15, 0.2) is 0 Å². The van der Waals surface area contributed by atoms with Crippen molar-refractivity contribution in [3.63, 3.8) is 0 Å². The van der Waals surface area contributed by atoms with Gasteiger partial charge in [0.2, 0.25) is 17.7 Å². The minimum absolute atomic E-state index is 0.0199. The quantitative estimate of drug-likeness (QED) is 0.228. The summed E-state index contributed by atoms with van der Waals surface area (Å²) >= 11 is 0. The molecule has 0 saturated carbocycles. The van der Waals surface area contributed by atoms with Crippen molar-refractivity contribution in [3.05, 3.63) is 0 Å². The minimum atomic E-state index is -0.448. The minimum Gasteiger partial charge on any atom is -0.355 e. The molecule has 9 heteroatoms. The van der Waals surface area contributed by atoms with E-state index >= 15 is 0 Å². The van der Waals surface area contributed by atoms with E-state index in [9.17, 15) is 14.4 Å². The predicted molar refractivity (Wildman–Crippen MR) is 116 cm³/mol. The van der Waals surface area contributed by atoms with Crippen molar-refractivity contribution >= 4 is 17.7 Å². The summed E-state index contributed by atoms with van der Waals surface area (Å²) < 4.78 is 0. The molecule has 0 aromatic carbocycles. The largest absolute Gasteiger partial charge is 0.355 e. The molecule has 0 saturated heterocycles. The van der Waals surface area contributed by atoms with Crippen LogP contribution in [0, 0.1) is 5.41 Å². The van der Waals surface area contributed by atoms with Crippen molar-refractivity contribution in [3.8, 4) is 0 Å². The van der Waals surface area contributed by atoms with Gasteiger partial charge in [0.1, 0.15) is 0 Å². The summed E-state index contributed by atoms with van der Waals surface area (Å²) in [6.07, 6.45) is 0.673. The Balaban J connectivity index is 4.40. The van der Waals surface area contributed by atoms with Gasteiger partial charge in [-0.2, -0.15) is 0 Å². The van der Waals surface area contributed by atoms with E-state index in [2.05, 4.69) is 35.1 Å². The number of carbonyl (C=O) groups excluding carboxylic acids is 3. The van der Waals surface area contributed by atoms with Gasteiger partial charge in [-0.1, -0.05) is 34.6 Å². The fourth-order valence-corrected chi connectivity index (χ4v) is 2.40. The molecule has 0 aromatic heterocycles. The van der Waals surface area contributed by atoms with Crippen molar-refractivity contribution in [2.24, 2.45) is 11.1 Å². The fraction of sp³-hybridized carbons (Fsp3) is 0.850. The molecule has 0 radical (unpaired) electrons. The lowest BCUT2D eigenvalue weighted by molar-refractivity contribution is -0.128. The van der Waals surface area contributed by atoms with Gasteiger partial charge in [-0.25, -0.2) is 0 Å². The Morgan fingerprint density at radius 2 is 1.38 bits per heavy atom. The molecule has 0 atom stereocenters. The third-order valence-electron chi connectivity index (χ3n) is 4.17. The molecular weight excluding hydrogens is 372 g/mol. The lowest BCUT2D eigenvalue weighted by Gasteiger charge is -2.24. The van der Waals surface area contributed by atoms with Crippen molar-refractivity contribution in [1.29, 1.82) is 0 Å². The zero-order valence-electron chi connectivity index (χ0n) is 18.9. The van der Waals surface area contributed by atoms with E-state index in [4.69, 9.17) is 5.73 Å². The maximum Gasteiger partial charge on any atom is 0.225 e. The van der Waals surface area contributed by atoms with Crippen molar-refractivity contribution < 1.29 is 14.4 Å². The van der Waals surface area contributed by atoms with Gasteiger partial charge in [-0.3, -0.25) is 14.4 Å². The summed E-state index contributed by atoms with van der Waals surface area (Å²) in [7, 11) is 0. The number of hydrogen-bond donors (Lipinski definition) is 5. The normalized spacial score (nSPS) is 11.6. The van der Waals surface area contributed by atoms with Crippen LogP contribution < -0.4 is 27.0 Å². The third kappa shape index (κ3) is 15.8. The Labute approximate surface area is 175 Å². The molecule has 29 heavy (non-hydrogen) atoms. The fourth-order valence-electron chi connectivity index (χ4n) is 2.40. The van der Waals surface area contributed by atoms with Crippen LogP contribution in [0.25, 0.3) is 0 Å². The SMILES string of the molecule is CC(C)NCCNC(=O)CCN(CCNC(=O)C(C)(C)C)CCC(=O)NCCN. The second-order valence-electron chi connectivity index (χ2n) is 8.44. The van der Waals surface area contributed by atoms with Crippen LogP contribution in [0.3, 0.4) is 0 Å². The molecule has 0 unspecified atom stereocenters. The Hall–Kier alpha value is -1.71. The average molecular weight is 415 g/mol. The molecule has 0 bridgehead atoms. The summed E-state index contributed by atoms with van der Waals surface area (Å²) in [6.45, 7) is 14.0. The zero-order chi connectivity index (χ0) is 22.3. The molecule has 170 valence electrons. The van der Waals surface area contributed by atoms with Gasteiger partial charge in [0, 0.05) is 76.7 Å². The summed E-state index contributed by atoms with van der Waals surface area (Å²) in [5.74, 6) is -0.108. The highest BCUT2D eigenvalue weighted by atomic mass is 16.2. The van der Waals surface area contributed by atoms with Crippen molar-refractivity contribution in [2.45, 2.75) is 53.5 Å². The van der Waals surface area contributed by atoms with Gasteiger partial charge in [-0.05, 0) is 0 Å². The highest BCUT2D eigenvalue weighted by molar-refractivity contribution is 5.81. The lowest BCUT2D eigenvalue weighted by atomic mass is 9.96. The Morgan fingerprint density at radius 3 is 1.86 bits per heavy atom. The highest BCUT2D eigenvalue weighted by Crippen LogP contribution is 2.12. The first kappa shape index (κ1) is 27.3. The number of amides is 3. The first-order valence-electron chi connectivity index (χ1n) is 10.5. The second-order valence-corrected chi connectivity index (χ2v) is 8.44. The van der Waals surface area contributed by atoms with Crippen LogP contribution in [-0.4, -0.2) is 81.0 Å². The smallest absolute Gasteiger partial charge is 0.225 e. The molecular formula is C20H42N6O3. The maximum absolute atomic E-state index is 12.1. The number of nitrogens with zero attached hydrogens (tertiary/aromatic N) is 1. The van der Waals surface area contributed by atoms with Gasteiger partial charge in [0.05, 0.1) is 0 Å². The molecule has 0 fully saturated rings. The van der Waals surface area contributed by atoms with Crippen LogP contribution in [0.5, 0.6) is 0 Å². The third-order valence-corrected chi connectivity index (χ3v) is 4.17. The van der Waals surface area contributed by atoms with Crippen molar-refractivity contribution in [2.75, 3.05) is 52.4 Å². The first-order valence-corrected chi connectivity index (χ1v) is 10.5. The number of carbonyl (C=O) groups is 3. The lowest BCUT2D eigenvalue weighted by Crippen LogP contribution is -2.42. The van der Waals surface area contributed by atoms with Crippen LogP contribution in [0.2, 0.25) is 0 Å². The highest BCUT2D eigenvalue weighted by Gasteiger charge is 2.20. The Kier molecular flexibility index (Phi) is 14.3. The first-order chi connectivity index (χ1) is 13.6. The molecule has 0 aliphatic rings. The summed E-state index contributed by atoms with van der Waals surface area (Å²) in [5, 5.41) is 11.8. The Morgan fingerprint density at radius 1 is 0.828 bits per heavy atom. The molecule has 9 nitrogen and oxygen atoms in total. The van der Waals surface area contributed by atoms with E-state index in [1.165, 1.54) is 0 Å². The second kappa shape index (κ2) is 15.2. The van der Waals surface area contributed by atoms with Crippen LogP contribution in [0.1, 0.15) is 47.5 Å². The molecule has 0 heterocycles. The molecule has 0 spiro atoms. The van der Waals surface area contributed by atoms with Crippen LogP contribution in [-0.2, 0) is 14.4 Å². The van der Waals surface area contributed by atoms with Gasteiger partial charge >= 0.3 is 0 Å². The monoisotopic (exact) mass is 414 g/mol. The average Bonchev–Trinajstić information content (AvgIpc) is 2.64.